The van der Waals surface area contributed by atoms with E-state index >= 15 is 0 Å². The maximum absolute atomic E-state index is 12.1. The first-order chi connectivity index (χ1) is 10.0. The van der Waals surface area contributed by atoms with Crippen LogP contribution in [0.5, 0.6) is 5.75 Å². The maximum Gasteiger partial charge on any atom is 0.265 e. The molecule has 1 aliphatic rings. The van der Waals surface area contributed by atoms with Gasteiger partial charge in [0.05, 0.1) is 10.6 Å². The molecule has 1 aromatic heterocycles. The summed E-state index contributed by atoms with van der Waals surface area (Å²) in [6.45, 7) is 3.64. The van der Waals surface area contributed by atoms with Gasteiger partial charge in [-0.2, -0.15) is 0 Å². The minimum atomic E-state index is -0.507. The van der Waals surface area contributed by atoms with Gasteiger partial charge in [-0.3, -0.25) is 9.59 Å². The smallest absolute Gasteiger partial charge is 0.265 e. The molecule has 2 amide bonds. The number of carbonyl (C=O) groups is 2. The second-order valence-electron chi connectivity index (χ2n) is 4.82. The van der Waals surface area contributed by atoms with Crippen molar-refractivity contribution in [1.29, 1.82) is 0 Å². The molecule has 0 saturated heterocycles. The van der Waals surface area contributed by atoms with Crippen molar-refractivity contribution in [3.05, 3.63) is 40.1 Å². The topological polar surface area (TPSA) is 67.4 Å². The molecule has 5 nitrogen and oxygen atoms in total. The van der Waals surface area contributed by atoms with Gasteiger partial charge >= 0.3 is 0 Å². The van der Waals surface area contributed by atoms with Gasteiger partial charge in [0.2, 0.25) is 0 Å². The molecular weight excluding hydrogens is 288 g/mol. The first-order valence-corrected chi connectivity index (χ1v) is 7.34. The average Bonchev–Trinajstić information content (AvgIpc) is 2.87. The van der Waals surface area contributed by atoms with E-state index < -0.39 is 6.10 Å². The van der Waals surface area contributed by atoms with Crippen LogP contribution in [0, 0.1) is 6.92 Å². The van der Waals surface area contributed by atoms with Gasteiger partial charge in [0, 0.05) is 10.6 Å². The standard InChI is InChI=1S/C15H14N2O3S/c1-8-3-6-13(21-8)15(19)16-10-4-5-12-11(7-10)17-14(18)9(2)20-12/h3-7,9H,1-2H3,(H,16,19)(H,17,18). The zero-order valence-corrected chi connectivity index (χ0v) is 12.4. The van der Waals surface area contributed by atoms with Crippen LogP contribution in [0.1, 0.15) is 21.5 Å². The fraction of sp³-hybridized carbons (Fsp3) is 0.200. The van der Waals surface area contributed by atoms with Crippen LogP contribution in [0.25, 0.3) is 0 Å². The van der Waals surface area contributed by atoms with E-state index in [1.807, 2.05) is 13.0 Å². The Morgan fingerprint density at radius 1 is 1.33 bits per heavy atom. The molecule has 1 atom stereocenters. The summed E-state index contributed by atoms with van der Waals surface area (Å²) in [5, 5.41) is 5.57. The molecule has 21 heavy (non-hydrogen) atoms. The zero-order valence-electron chi connectivity index (χ0n) is 11.6. The number of rotatable bonds is 2. The van der Waals surface area contributed by atoms with Crippen molar-refractivity contribution in [2.24, 2.45) is 0 Å². The van der Waals surface area contributed by atoms with E-state index in [0.29, 0.717) is 22.0 Å². The van der Waals surface area contributed by atoms with E-state index in [0.717, 1.165) is 4.88 Å². The maximum atomic E-state index is 12.1. The lowest BCUT2D eigenvalue weighted by atomic mass is 10.2. The highest BCUT2D eigenvalue weighted by atomic mass is 32.1. The van der Waals surface area contributed by atoms with Crippen molar-refractivity contribution in [2.45, 2.75) is 20.0 Å². The van der Waals surface area contributed by atoms with Gasteiger partial charge in [0.1, 0.15) is 5.75 Å². The molecular formula is C15H14N2O3S. The third-order valence-corrected chi connectivity index (χ3v) is 4.13. The molecule has 108 valence electrons. The number of anilines is 2. The van der Waals surface area contributed by atoms with Crippen molar-refractivity contribution >= 4 is 34.5 Å². The van der Waals surface area contributed by atoms with Gasteiger partial charge in [-0.05, 0) is 44.2 Å². The third-order valence-electron chi connectivity index (χ3n) is 3.13. The third kappa shape index (κ3) is 2.75. The van der Waals surface area contributed by atoms with E-state index in [9.17, 15) is 9.59 Å². The fourth-order valence-corrected chi connectivity index (χ4v) is 2.80. The van der Waals surface area contributed by atoms with Crippen LogP contribution in [0.15, 0.2) is 30.3 Å². The largest absolute Gasteiger partial charge is 0.479 e. The van der Waals surface area contributed by atoms with Gasteiger partial charge in [-0.25, -0.2) is 0 Å². The Labute approximate surface area is 125 Å². The second-order valence-corrected chi connectivity index (χ2v) is 6.11. The molecule has 0 saturated carbocycles. The van der Waals surface area contributed by atoms with E-state index in [1.165, 1.54) is 11.3 Å². The Kier molecular flexibility index (Phi) is 3.39. The zero-order chi connectivity index (χ0) is 15.0. The van der Waals surface area contributed by atoms with Crippen LogP contribution >= 0.6 is 11.3 Å². The first kappa shape index (κ1) is 13.6. The number of benzene rings is 1. The number of amides is 2. The highest BCUT2D eigenvalue weighted by Gasteiger charge is 2.23. The summed E-state index contributed by atoms with van der Waals surface area (Å²) < 4.78 is 5.47. The van der Waals surface area contributed by atoms with Crippen molar-refractivity contribution in [3.63, 3.8) is 0 Å². The Hall–Kier alpha value is -2.34. The number of thiophene rings is 1. The fourth-order valence-electron chi connectivity index (χ4n) is 2.04. The Balaban J connectivity index is 1.80. The quantitative estimate of drug-likeness (QED) is 0.896. The number of nitrogens with one attached hydrogen (secondary N) is 2. The molecule has 2 heterocycles. The SMILES string of the molecule is Cc1ccc(C(=O)Nc2ccc3c(c2)NC(=O)C(C)O3)s1. The number of ether oxygens (including phenoxy) is 1. The normalized spacial score (nSPS) is 16.7. The number of hydrogen-bond donors (Lipinski definition) is 2. The van der Waals surface area contributed by atoms with Gasteiger partial charge in [-0.1, -0.05) is 0 Å². The van der Waals surface area contributed by atoms with E-state index in [4.69, 9.17) is 4.74 Å². The molecule has 6 heteroatoms. The monoisotopic (exact) mass is 302 g/mol. The van der Waals surface area contributed by atoms with Gasteiger partial charge in [0.15, 0.2) is 6.10 Å². The molecule has 1 aromatic carbocycles. The second kappa shape index (κ2) is 5.21. The van der Waals surface area contributed by atoms with Crippen molar-refractivity contribution in [2.75, 3.05) is 10.6 Å². The van der Waals surface area contributed by atoms with Crippen molar-refractivity contribution in [3.8, 4) is 5.75 Å². The molecule has 0 radical (unpaired) electrons. The van der Waals surface area contributed by atoms with E-state index in [1.54, 1.807) is 31.2 Å². The predicted molar refractivity (Wildman–Crippen MR) is 82.2 cm³/mol. The lowest BCUT2D eigenvalue weighted by Crippen LogP contribution is -2.34. The summed E-state index contributed by atoms with van der Waals surface area (Å²) >= 11 is 1.44. The summed E-state index contributed by atoms with van der Waals surface area (Å²) in [6.07, 6.45) is -0.507. The highest BCUT2D eigenvalue weighted by Crippen LogP contribution is 2.32. The minimum absolute atomic E-state index is 0.163. The molecule has 2 aromatic rings. The van der Waals surface area contributed by atoms with Crippen LogP contribution < -0.4 is 15.4 Å². The molecule has 1 unspecified atom stereocenters. The molecule has 3 rings (SSSR count). The number of hydrogen-bond acceptors (Lipinski definition) is 4. The lowest BCUT2D eigenvalue weighted by Gasteiger charge is -2.23. The number of aryl methyl sites for hydroxylation is 1. The average molecular weight is 302 g/mol. The Morgan fingerprint density at radius 2 is 2.14 bits per heavy atom. The van der Waals surface area contributed by atoms with Crippen LogP contribution in [0.2, 0.25) is 0 Å². The van der Waals surface area contributed by atoms with Gasteiger partial charge in [-0.15, -0.1) is 11.3 Å². The Morgan fingerprint density at radius 3 is 2.86 bits per heavy atom. The predicted octanol–water partition coefficient (Wildman–Crippen LogP) is 3.03. The first-order valence-electron chi connectivity index (χ1n) is 6.52. The van der Waals surface area contributed by atoms with Crippen LogP contribution in [-0.2, 0) is 4.79 Å². The van der Waals surface area contributed by atoms with E-state index in [-0.39, 0.29) is 11.8 Å². The summed E-state index contributed by atoms with van der Waals surface area (Å²) in [7, 11) is 0. The number of carbonyl (C=O) groups excluding carboxylic acids is 2. The number of fused-ring (bicyclic) bond motifs is 1. The summed E-state index contributed by atoms with van der Waals surface area (Å²) in [5.74, 6) is 0.247. The molecule has 0 fully saturated rings. The van der Waals surface area contributed by atoms with Crippen LogP contribution in [0.3, 0.4) is 0 Å². The highest BCUT2D eigenvalue weighted by molar-refractivity contribution is 7.14. The lowest BCUT2D eigenvalue weighted by molar-refractivity contribution is -0.122. The van der Waals surface area contributed by atoms with Gasteiger partial charge < -0.3 is 15.4 Å². The van der Waals surface area contributed by atoms with Gasteiger partial charge in [0.25, 0.3) is 11.8 Å². The van der Waals surface area contributed by atoms with Crippen molar-refractivity contribution < 1.29 is 14.3 Å². The molecule has 0 aliphatic carbocycles. The molecule has 0 bridgehead atoms. The molecule has 1 aliphatic heterocycles. The Bertz CT molecular complexity index is 723. The van der Waals surface area contributed by atoms with Crippen LogP contribution in [0.4, 0.5) is 11.4 Å². The molecule has 2 N–H and O–H groups in total. The molecule has 0 spiro atoms. The summed E-state index contributed by atoms with van der Waals surface area (Å²) in [5.41, 5.74) is 1.18. The summed E-state index contributed by atoms with van der Waals surface area (Å²) in [6, 6.07) is 8.88. The summed E-state index contributed by atoms with van der Waals surface area (Å²) in [4.78, 5) is 25.4. The van der Waals surface area contributed by atoms with E-state index in [2.05, 4.69) is 10.6 Å². The minimum Gasteiger partial charge on any atom is -0.479 e. The van der Waals surface area contributed by atoms with Crippen molar-refractivity contribution in [1.82, 2.24) is 0 Å². The van der Waals surface area contributed by atoms with Crippen LogP contribution in [-0.4, -0.2) is 17.9 Å².